The first kappa shape index (κ1) is 17.6. The van der Waals surface area contributed by atoms with Crippen LogP contribution in [-0.2, 0) is 6.42 Å². The van der Waals surface area contributed by atoms with E-state index < -0.39 is 0 Å². The first-order chi connectivity index (χ1) is 13.2. The van der Waals surface area contributed by atoms with E-state index >= 15 is 0 Å². The first-order valence-corrected chi connectivity index (χ1v) is 9.65. The van der Waals surface area contributed by atoms with Gasteiger partial charge >= 0.3 is 0 Å². The van der Waals surface area contributed by atoms with Crippen molar-refractivity contribution in [3.05, 3.63) is 54.5 Å². The topological polar surface area (TPSA) is 55.6 Å². The predicted octanol–water partition coefficient (Wildman–Crippen LogP) is 4.78. The van der Waals surface area contributed by atoms with Crippen molar-refractivity contribution in [1.82, 2.24) is 19.7 Å². The average molecular weight is 365 g/mol. The number of nitrogens with one attached hydrogen (secondary N) is 1. The van der Waals surface area contributed by atoms with Crippen LogP contribution in [0, 0.1) is 5.82 Å². The molecule has 6 heteroatoms. The maximum absolute atomic E-state index is 14.6. The van der Waals surface area contributed by atoms with Crippen molar-refractivity contribution in [3.8, 4) is 16.9 Å². The fourth-order valence-electron chi connectivity index (χ4n) is 3.62. The summed E-state index contributed by atoms with van der Waals surface area (Å²) in [6.45, 7) is 2.13. The number of hydrogen-bond donors (Lipinski definition) is 1. The number of hydrogen-bond acceptors (Lipinski definition) is 4. The van der Waals surface area contributed by atoms with Gasteiger partial charge in [0.2, 0.25) is 0 Å². The number of rotatable bonds is 6. The maximum atomic E-state index is 14.6. The van der Waals surface area contributed by atoms with E-state index in [1.54, 1.807) is 29.5 Å². The van der Waals surface area contributed by atoms with Gasteiger partial charge in [0.15, 0.2) is 5.82 Å². The van der Waals surface area contributed by atoms with E-state index in [-0.39, 0.29) is 5.82 Å². The second kappa shape index (κ2) is 7.86. The molecule has 1 N–H and O–H groups in total. The lowest BCUT2D eigenvalue weighted by molar-refractivity contribution is 0.625. The normalized spacial score (nSPS) is 14.6. The van der Waals surface area contributed by atoms with Gasteiger partial charge in [0.25, 0.3) is 0 Å². The predicted molar refractivity (Wildman–Crippen MR) is 104 cm³/mol. The third kappa shape index (κ3) is 3.99. The van der Waals surface area contributed by atoms with E-state index in [0.717, 1.165) is 42.8 Å². The molecular weight excluding hydrogens is 341 g/mol. The third-order valence-electron chi connectivity index (χ3n) is 4.99. The Kier molecular flexibility index (Phi) is 5.14. The van der Waals surface area contributed by atoms with E-state index in [1.807, 2.05) is 12.1 Å². The van der Waals surface area contributed by atoms with E-state index in [4.69, 9.17) is 0 Å². The first-order valence-electron chi connectivity index (χ1n) is 9.65. The minimum absolute atomic E-state index is 0.320. The monoisotopic (exact) mass is 365 g/mol. The molecule has 0 radical (unpaired) electrons. The van der Waals surface area contributed by atoms with Gasteiger partial charge in [-0.1, -0.05) is 26.2 Å². The van der Waals surface area contributed by atoms with Gasteiger partial charge in [-0.25, -0.2) is 9.07 Å². The van der Waals surface area contributed by atoms with Gasteiger partial charge in [-0.05, 0) is 31.4 Å². The van der Waals surface area contributed by atoms with Crippen LogP contribution in [0.4, 0.5) is 10.1 Å². The molecule has 4 rings (SSSR count). The Bertz CT molecular complexity index is 914. The van der Waals surface area contributed by atoms with Crippen LogP contribution in [0.5, 0.6) is 0 Å². The molecule has 0 spiro atoms. The zero-order chi connectivity index (χ0) is 18.6. The van der Waals surface area contributed by atoms with Crippen LogP contribution in [0.3, 0.4) is 0 Å². The Hall–Kier alpha value is -2.76. The fourth-order valence-corrected chi connectivity index (χ4v) is 3.62. The highest BCUT2D eigenvalue weighted by Gasteiger charge is 2.16. The van der Waals surface area contributed by atoms with Crippen molar-refractivity contribution in [2.75, 3.05) is 5.32 Å². The van der Waals surface area contributed by atoms with E-state index in [1.165, 1.54) is 18.9 Å². The summed E-state index contributed by atoms with van der Waals surface area (Å²) in [6.07, 6.45) is 13.7. The molecular formula is C21H24FN5. The van der Waals surface area contributed by atoms with E-state index in [0.29, 0.717) is 17.3 Å². The molecule has 1 aliphatic rings. The Morgan fingerprint density at radius 2 is 2.04 bits per heavy atom. The fraction of sp³-hybridized carbons (Fsp3) is 0.381. The largest absolute Gasteiger partial charge is 0.381 e. The highest BCUT2D eigenvalue weighted by atomic mass is 19.1. The van der Waals surface area contributed by atoms with Crippen LogP contribution < -0.4 is 5.32 Å². The van der Waals surface area contributed by atoms with Crippen molar-refractivity contribution in [1.29, 1.82) is 0 Å². The van der Waals surface area contributed by atoms with E-state index in [9.17, 15) is 4.39 Å². The molecule has 0 bridgehead atoms. The Labute approximate surface area is 158 Å². The zero-order valence-corrected chi connectivity index (χ0v) is 15.5. The molecule has 0 atom stereocenters. The molecule has 0 amide bonds. The lowest BCUT2D eigenvalue weighted by Gasteiger charge is -2.13. The van der Waals surface area contributed by atoms with Gasteiger partial charge in [0.05, 0.1) is 23.8 Å². The van der Waals surface area contributed by atoms with Crippen LogP contribution >= 0.6 is 0 Å². The zero-order valence-electron chi connectivity index (χ0n) is 15.5. The van der Waals surface area contributed by atoms with Crippen molar-refractivity contribution < 1.29 is 4.39 Å². The van der Waals surface area contributed by atoms with Crippen molar-refractivity contribution >= 4 is 5.69 Å². The van der Waals surface area contributed by atoms with Gasteiger partial charge in [-0.2, -0.15) is 5.10 Å². The van der Waals surface area contributed by atoms with Gasteiger partial charge in [-0.3, -0.25) is 9.97 Å². The summed E-state index contributed by atoms with van der Waals surface area (Å²) in [7, 11) is 0. The van der Waals surface area contributed by atoms with Crippen molar-refractivity contribution in [2.45, 2.75) is 51.5 Å². The Morgan fingerprint density at radius 1 is 1.19 bits per heavy atom. The third-order valence-corrected chi connectivity index (χ3v) is 4.99. The van der Waals surface area contributed by atoms with Crippen molar-refractivity contribution in [3.63, 3.8) is 0 Å². The summed E-state index contributed by atoms with van der Waals surface area (Å²) in [5, 5.41) is 7.76. The van der Waals surface area contributed by atoms with Gasteiger partial charge in [0.1, 0.15) is 5.69 Å². The summed E-state index contributed by atoms with van der Waals surface area (Å²) < 4.78 is 16.4. The quantitative estimate of drug-likeness (QED) is 0.683. The van der Waals surface area contributed by atoms with Crippen LogP contribution in [0.25, 0.3) is 16.9 Å². The molecule has 0 aliphatic heterocycles. The number of pyridine rings is 2. The number of halogens is 1. The molecule has 0 aromatic carbocycles. The molecule has 3 aromatic heterocycles. The molecule has 140 valence electrons. The molecule has 1 saturated carbocycles. The van der Waals surface area contributed by atoms with Crippen LogP contribution in [0.1, 0.15) is 44.7 Å². The second-order valence-corrected chi connectivity index (χ2v) is 7.11. The summed E-state index contributed by atoms with van der Waals surface area (Å²) in [5.41, 5.74) is 3.67. The summed E-state index contributed by atoms with van der Waals surface area (Å²) in [6, 6.07) is 5.88. The number of aromatic nitrogens is 4. The van der Waals surface area contributed by atoms with Crippen molar-refractivity contribution in [2.24, 2.45) is 0 Å². The Balaban J connectivity index is 1.55. The second-order valence-electron chi connectivity index (χ2n) is 7.11. The summed E-state index contributed by atoms with van der Waals surface area (Å²) >= 11 is 0. The number of nitrogens with zero attached hydrogens (tertiary/aromatic N) is 4. The summed E-state index contributed by atoms with van der Waals surface area (Å²) in [5.74, 6) is -0.334. The van der Waals surface area contributed by atoms with Crippen LogP contribution in [-0.4, -0.2) is 25.8 Å². The lowest BCUT2D eigenvalue weighted by atomic mass is 10.2. The molecule has 27 heavy (non-hydrogen) atoms. The number of aryl methyl sites for hydroxylation is 1. The standard InChI is InChI=1S/C21H24FN5/c1-2-5-17-10-19(8-9-23-17)27-14-15(12-25-27)21-20(22)11-18(13-24-21)26-16-6-3-4-7-16/h8-14,16,26H,2-7H2,1H3. The van der Waals surface area contributed by atoms with Gasteiger partial charge in [-0.15, -0.1) is 0 Å². The molecule has 1 fully saturated rings. The highest BCUT2D eigenvalue weighted by molar-refractivity contribution is 5.61. The van der Waals surface area contributed by atoms with Gasteiger partial charge < -0.3 is 5.32 Å². The van der Waals surface area contributed by atoms with Crippen LogP contribution in [0.15, 0.2) is 43.0 Å². The Morgan fingerprint density at radius 3 is 2.81 bits per heavy atom. The smallest absolute Gasteiger partial charge is 0.151 e. The lowest BCUT2D eigenvalue weighted by Crippen LogP contribution is -2.14. The molecule has 0 unspecified atom stereocenters. The summed E-state index contributed by atoms with van der Waals surface area (Å²) in [4.78, 5) is 8.71. The SMILES string of the molecule is CCCc1cc(-n2cc(-c3ncc(NC4CCCC4)cc3F)cn2)ccn1. The van der Waals surface area contributed by atoms with E-state index in [2.05, 4.69) is 27.3 Å². The van der Waals surface area contributed by atoms with Crippen LogP contribution in [0.2, 0.25) is 0 Å². The molecule has 0 saturated heterocycles. The highest BCUT2D eigenvalue weighted by Crippen LogP contribution is 2.26. The molecule has 3 aromatic rings. The molecule has 1 aliphatic carbocycles. The molecule has 5 nitrogen and oxygen atoms in total. The van der Waals surface area contributed by atoms with Gasteiger partial charge in [0, 0.05) is 35.8 Å². The minimum Gasteiger partial charge on any atom is -0.381 e. The average Bonchev–Trinajstić information content (AvgIpc) is 3.34. The number of anilines is 1. The minimum atomic E-state index is -0.334. The molecule has 3 heterocycles. The maximum Gasteiger partial charge on any atom is 0.151 e.